The Morgan fingerprint density at radius 3 is 2.58 bits per heavy atom. The number of anilines is 3. The number of aromatic nitrogens is 2. The normalized spacial score (nSPS) is 15.5. The van der Waals surface area contributed by atoms with Crippen LogP contribution in [0.2, 0.25) is 10.2 Å². The Balaban J connectivity index is 1.80. The molecular formula is C21H13Cl2F5N4O. The predicted molar refractivity (Wildman–Crippen MR) is 113 cm³/mol. The Kier molecular flexibility index (Phi) is 5.92. The molecule has 1 atom stereocenters. The smallest absolute Gasteiger partial charge is 0.313 e. The number of benzene rings is 1. The first-order valence-corrected chi connectivity index (χ1v) is 10.1. The molecule has 3 aromatic rings. The maximum atomic E-state index is 14.4. The molecule has 4 rings (SSSR count). The fraction of sp³-hybridized carbons (Fsp3) is 0.190. The molecule has 2 aromatic heterocycles. The molecule has 33 heavy (non-hydrogen) atoms. The number of likely N-dealkylation sites (N-methyl/N-ethyl adjacent to an activating group) is 1. The minimum absolute atomic E-state index is 0.0540. The van der Waals surface area contributed by atoms with Crippen molar-refractivity contribution >= 4 is 46.3 Å². The number of carbonyl (C=O) groups excluding carboxylic acids is 1. The van der Waals surface area contributed by atoms with Crippen molar-refractivity contribution < 1.29 is 26.7 Å². The number of nitrogens with zero attached hydrogens (tertiary/aromatic N) is 4. The first kappa shape index (κ1) is 23.2. The van der Waals surface area contributed by atoms with Gasteiger partial charge in [0.2, 0.25) is 5.91 Å². The lowest BCUT2D eigenvalue weighted by Crippen LogP contribution is -2.45. The highest BCUT2D eigenvalue weighted by molar-refractivity contribution is 6.31. The van der Waals surface area contributed by atoms with Crippen LogP contribution in [-0.4, -0.2) is 29.0 Å². The fourth-order valence-corrected chi connectivity index (χ4v) is 4.00. The van der Waals surface area contributed by atoms with Crippen molar-refractivity contribution in [3.63, 3.8) is 0 Å². The van der Waals surface area contributed by atoms with Crippen molar-refractivity contribution in [2.45, 2.75) is 18.6 Å². The molecule has 0 radical (unpaired) electrons. The van der Waals surface area contributed by atoms with Gasteiger partial charge in [-0.1, -0.05) is 23.2 Å². The average molecular weight is 503 g/mol. The Hall–Kier alpha value is -2.98. The number of hydrogen-bond acceptors (Lipinski definition) is 4. The summed E-state index contributed by atoms with van der Waals surface area (Å²) in [5.41, 5.74) is -0.374. The molecule has 12 heteroatoms. The zero-order valence-electron chi connectivity index (χ0n) is 16.7. The van der Waals surface area contributed by atoms with Crippen LogP contribution in [0.3, 0.4) is 0 Å². The van der Waals surface area contributed by atoms with E-state index in [1.807, 2.05) is 0 Å². The number of fused-ring (bicyclic) bond motifs is 1. The van der Waals surface area contributed by atoms with E-state index >= 15 is 0 Å². The maximum Gasteiger partial charge on any atom is 0.416 e. The molecule has 5 nitrogen and oxygen atoms in total. The van der Waals surface area contributed by atoms with E-state index in [0.717, 1.165) is 17.0 Å². The molecule has 0 fully saturated rings. The summed E-state index contributed by atoms with van der Waals surface area (Å²) in [6.45, 7) is 0. The summed E-state index contributed by atoms with van der Waals surface area (Å²) in [6, 6.07) is 3.36. The predicted octanol–water partition coefficient (Wildman–Crippen LogP) is 5.81. The number of halogens is 7. The van der Waals surface area contributed by atoms with Gasteiger partial charge >= 0.3 is 6.18 Å². The van der Waals surface area contributed by atoms with E-state index in [-0.39, 0.29) is 17.9 Å². The lowest BCUT2D eigenvalue weighted by atomic mass is 10.1. The molecule has 0 bridgehead atoms. The minimum atomic E-state index is -4.70. The summed E-state index contributed by atoms with van der Waals surface area (Å²) < 4.78 is 68.1. The number of carbonyl (C=O) groups is 1. The van der Waals surface area contributed by atoms with E-state index in [4.69, 9.17) is 23.2 Å². The highest BCUT2D eigenvalue weighted by Crippen LogP contribution is 2.41. The second-order valence-corrected chi connectivity index (χ2v) is 8.04. The monoisotopic (exact) mass is 502 g/mol. The van der Waals surface area contributed by atoms with Gasteiger partial charge in [0.1, 0.15) is 28.6 Å². The number of rotatable bonds is 3. The van der Waals surface area contributed by atoms with Crippen LogP contribution < -0.4 is 9.80 Å². The molecule has 3 heterocycles. The summed E-state index contributed by atoms with van der Waals surface area (Å²) in [4.78, 5) is 23.6. The molecule has 172 valence electrons. The van der Waals surface area contributed by atoms with Gasteiger partial charge in [-0.3, -0.25) is 9.78 Å². The molecule has 0 unspecified atom stereocenters. The molecule has 1 amide bonds. The second-order valence-electron chi connectivity index (χ2n) is 7.24. The highest BCUT2D eigenvalue weighted by Gasteiger charge is 2.40. The lowest BCUT2D eigenvalue weighted by Gasteiger charge is -2.30. The largest absolute Gasteiger partial charge is 0.416 e. The van der Waals surface area contributed by atoms with Gasteiger partial charge in [0.05, 0.1) is 16.3 Å². The summed E-state index contributed by atoms with van der Waals surface area (Å²) in [5, 5.41) is -0.814. The quantitative estimate of drug-likeness (QED) is 0.258. The van der Waals surface area contributed by atoms with E-state index in [0.29, 0.717) is 23.4 Å². The van der Waals surface area contributed by atoms with Crippen molar-refractivity contribution in [2.24, 2.45) is 0 Å². The van der Waals surface area contributed by atoms with Crippen LogP contribution in [-0.2, 0) is 17.4 Å². The number of amides is 1. The standard InChI is InChI=1S/C21H13Cl2F5N4O/c1-31(16-7-12(22)13(24)8-14(16)25)20(33)17-4-10-9-29-3-2-15(10)32(17)19-6-11(21(26,27)28)5-18(23)30-19/h2-3,5-9,17H,4H2,1H3/t17-/m0/s1. The van der Waals surface area contributed by atoms with Gasteiger partial charge in [0, 0.05) is 37.6 Å². The Bertz CT molecular complexity index is 1250. The van der Waals surface area contributed by atoms with Gasteiger partial charge in [-0.05, 0) is 29.8 Å². The molecule has 1 aliphatic heterocycles. The van der Waals surface area contributed by atoms with E-state index in [1.165, 1.54) is 30.4 Å². The molecule has 0 N–H and O–H groups in total. The lowest BCUT2D eigenvalue weighted by molar-refractivity contribution is -0.137. The molecule has 0 saturated carbocycles. The van der Waals surface area contributed by atoms with Gasteiger partial charge in [0.15, 0.2) is 0 Å². The SMILES string of the molecule is CN(C(=O)[C@@H]1Cc2cnccc2N1c1cc(C(F)(F)F)cc(Cl)n1)c1cc(Cl)c(F)cc1F. The topological polar surface area (TPSA) is 49.3 Å². The van der Waals surface area contributed by atoms with Gasteiger partial charge in [-0.15, -0.1) is 0 Å². The first-order chi connectivity index (χ1) is 15.5. The van der Waals surface area contributed by atoms with Crippen molar-refractivity contribution in [3.05, 3.63) is 75.7 Å². The van der Waals surface area contributed by atoms with Crippen molar-refractivity contribution in [2.75, 3.05) is 16.8 Å². The van der Waals surface area contributed by atoms with Gasteiger partial charge in [-0.25, -0.2) is 13.8 Å². The number of alkyl halides is 3. The summed E-state index contributed by atoms with van der Waals surface area (Å²) >= 11 is 11.6. The maximum absolute atomic E-state index is 14.4. The molecule has 0 saturated heterocycles. The van der Waals surface area contributed by atoms with Crippen LogP contribution in [0, 0.1) is 11.6 Å². The van der Waals surface area contributed by atoms with Crippen LogP contribution in [0.5, 0.6) is 0 Å². The average Bonchev–Trinajstić information content (AvgIpc) is 3.14. The van der Waals surface area contributed by atoms with Gasteiger partial charge in [-0.2, -0.15) is 13.2 Å². The molecule has 0 spiro atoms. The van der Waals surface area contributed by atoms with Crippen LogP contribution >= 0.6 is 23.2 Å². The molecular weight excluding hydrogens is 490 g/mol. The van der Waals surface area contributed by atoms with Gasteiger partial charge in [0.25, 0.3) is 0 Å². The first-order valence-electron chi connectivity index (χ1n) is 9.36. The van der Waals surface area contributed by atoms with E-state index < -0.39 is 45.5 Å². The Morgan fingerprint density at radius 1 is 1.15 bits per heavy atom. The summed E-state index contributed by atoms with van der Waals surface area (Å²) in [5.74, 6) is -2.94. The second kappa shape index (κ2) is 8.42. The number of hydrogen-bond donors (Lipinski definition) is 0. The van der Waals surface area contributed by atoms with Crippen molar-refractivity contribution in [1.82, 2.24) is 9.97 Å². The third-order valence-corrected chi connectivity index (χ3v) is 5.67. The van der Waals surface area contributed by atoms with Crippen LogP contribution in [0.1, 0.15) is 11.1 Å². The molecule has 1 aliphatic rings. The minimum Gasteiger partial charge on any atom is -0.313 e. The Labute approximate surface area is 194 Å². The third kappa shape index (κ3) is 4.32. The van der Waals surface area contributed by atoms with Crippen molar-refractivity contribution in [1.29, 1.82) is 0 Å². The van der Waals surface area contributed by atoms with E-state index in [9.17, 15) is 26.7 Å². The summed E-state index contributed by atoms with van der Waals surface area (Å²) in [7, 11) is 1.25. The van der Waals surface area contributed by atoms with E-state index in [2.05, 4.69) is 9.97 Å². The Morgan fingerprint density at radius 2 is 1.88 bits per heavy atom. The van der Waals surface area contributed by atoms with Gasteiger partial charge < -0.3 is 9.80 Å². The van der Waals surface area contributed by atoms with Crippen LogP contribution in [0.15, 0.2) is 42.7 Å². The number of pyridine rings is 2. The van der Waals surface area contributed by atoms with Crippen LogP contribution in [0.4, 0.5) is 39.1 Å². The molecule has 0 aliphatic carbocycles. The summed E-state index contributed by atoms with van der Waals surface area (Å²) in [6.07, 6.45) is -1.76. The zero-order valence-corrected chi connectivity index (χ0v) is 18.2. The highest BCUT2D eigenvalue weighted by atomic mass is 35.5. The van der Waals surface area contributed by atoms with E-state index in [1.54, 1.807) is 0 Å². The molecule has 1 aromatic carbocycles. The zero-order chi connectivity index (χ0) is 24.1. The third-order valence-electron chi connectivity index (χ3n) is 5.18. The van der Waals surface area contributed by atoms with Crippen LogP contribution in [0.25, 0.3) is 0 Å². The van der Waals surface area contributed by atoms with Crippen molar-refractivity contribution in [3.8, 4) is 0 Å². The fourth-order valence-electron chi connectivity index (χ4n) is 3.64.